The van der Waals surface area contributed by atoms with E-state index in [2.05, 4.69) is 29.4 Å². The standard InChI is InChI=1S/C31H35N3O3/c1-22-10-5-6-11-23(22)17-18-34(29(35)20-24-21-32-27-15-8-7-14-26(24)27)30(28-16-9-19-37-28)31(36)33-25-12-3-2-4-13-25/h5-11,14-16,19,21,25,30,32H,2-4,12-13,17-18,20H2,1H3,(H,33,36)/t30-/m0/s1. The summed E-state index contributed by atoms with van der Waals surface area (Å²) < 4.78 is 5.76. The van der Waals surface area contributed by atoms with Crippen molar-refractivity contribution < 1.29 is 14.0 Å². The summed E-state index contributed by atoms with van der Waals surface area (Å²) in [6, 6.07) is 19.1. The fraction of sp³-hybridized carbons (Fsp3) is 0.355. The topological polar surface area (TPSA) is 78.3 Å². The summed E-state index contributed by atoms with van der Waals surface area (Å²) in [5, 5.41) is 4.27. The highest BCUT2D eigenvalue weighted by molar-refractivity contribution is 5.92. The number of nitrogens with one attached hydrogen (secondary N) is 2. The molecule has 1 fully saturated rings. The minimum Gasteiger partial charge on any atom is -0.467 e. The minimum absolute atomic E-state index is 0.0986. The molecule has 1 atom stereocenters. The molecule has 0 unspecified atom stereocenters. The zero-order valence-electron chi connectivity index (χ0n) is 21.4. The first-order valence-electron chi connectivity index (χ1n) is 13.3. The monoisotopic (exact) mass is 497 g/mol. The molecule has 6 heteroatoms. The van der Waals surface area contributed by atoms with Gasteiger partial charge in [0.25, 0.3) is 5.91 Å². The Balaban J connectivity index is 1.45. The van der Waals surface area contributed by atoms with Gasteiger partial charge in [-0.3, -0.25) is 9.59 Å². The van der Waals surface area contributed by atoms with Gasteiger partial charge in [0.1, 0.15) is 5.76 Å². The Morgan fingerprint density at radius 3 is 2.57 bits per heavy atom. The van der Waals surface area contributed by atoms with Crippen LogP contribution >= 0.6 is 0 Å². The van der Waals surface area contributed by atoms with Gasteiger partial charge in [0.05, 0.1) is 12.7 Å². The number of furan rings is 1. The number of aromatic amines is 1. The van der Waals surface area contributed by atoms with Gasteiger partial charge in [0.15, 0.2) is 6.04 Å². The lowest BCUT2D eigenvalue weighted by atomic mass is 9.95. The van der Waals surface area contributed by atoms with E-state index in [0.717, 1.165) is 42.1 Å². The average molecular weight is 498 g/mol. The molecule has 1 aliphatic rings. The number of fused-ring (bicyclic) bond motifs is 1. The van der Waals surface area contributed by atoms with E-state index in [0.29, 0.717) is 18.7 Å². The SMILES string of the molecule is Cc1ccccc1CCN(C(=O)Cc1c[nH]c2ccccc12)[C@H](C(=O)NC1CCCCC1)c1ccco1. The number of aryl methyl sites for hydroxylation is 1. The number of aromatic nitrogens is 1. The maximum absolute atomic E-state index is 14.0. The van der Waals surface area contributed by atoms with Gasteiger partial charge >= 0.3 is 0 Å². The van der Waals surface area contributed by atoms with Crippen molar-refractivity contribution >= 4 is 22.7 Å². The Hall–Kier alpha value is -3.80. The van der Waals surface area contributed by atoms with Gasteiger partial charge in [-0.05, 0) is 61.1 Å². The second-order valence-corrected chi connectivity index (χ2v) is 10.1. The number of para-hydroxylation sites is 1. The van der Waals surface area contributed by atoms with Crippen molar-refractivity contribution in [2.45, 2.75) is 64.0 Å². The molecule has 2 amide bonds. The fourth-order valence-corrected chi connectivity index (χ4v) is 5.47. The van der Waals surface area contributed by atoms with E-state index >= 15 is 0 Å². The first-order valence-corrected chi connectivity index (χ1v) is 13.3. The zero-order valence-corrected chi connectivity index (χ0v) is 21.4. The van der Waals surface area contributed by atoms with Gasteiger partial charge in [-0.2, -0.15) is 0 Å². The van der Waals surface area contributed by atoms with Crippen molar-refractivity contribution in [3.8, 4) is 0 Å². The maximum Gasteiger partial charge on any atom is 0.250 e. The fourth-order valence-electron chi connectivity index (χ4n) is 5.47. The van der Waals surface area contributed by atoms with Crippen molar-refractivity contribution in [2.24, 2.45) is 0 Å². The lowest BCUT2D eigenvalue weighted by molar-refractivity contribution is -0.141. The van der Waals surface area contributed by atoms with Crippen molar-refractivity contribution in [3.63, 3.8) is 0 Å². The quantitative estimate of drug-likeness (QED) is 0.303. The Morgan fingerprint density at radius 2 is 1.78 bits per heavy atom. The molecule has 2 N–H and O–H groups in total. The number of nitrogens with zero attached hydrogens (tertiary/aromatic N) is 1. The number of amides is 2. The molecule has 0 radical (unpaired) electrons. The molecule has 0 bridgehead atoms. The summed E-state index contributed by atoms with van der Waals surface area (Å²) in [4.78, 5) is 32.7. The predicted octanol–water partition coefficient (Wildman–Crippen LogP) is 5.87. The minimum atomic E-state index is -0.821. The van der Waals surface area contributed by atoms with Crippen molar-refractivity contribution in [2.75, 3.05) is 6.54 Å². The van der Waals surface area contributed by atoms with E-state index in [1.54, 1.807) is 23.3 Å². The van der Waals surface area contributed by atoms with Crippen LogP contribution in [0.3, 0.4) is 0 Å². The molecule has 0 aliphatic heterocycles. The third kappa shape index (κ3) is 5.79. The van der Waals surface area contributed by atoms with Crippen LogP contribution in [0.4, 0.5) is 0 Å². The molecule has 192 valence electrons. The van der Waals surface area contributed by atoms with Gasteiger partial charge in [-0.15, -0.1) is 0 Å². The Morgan fingerprint density at radius 1 is 1.00 bits per heavy atom. The second kappa shape index (κ2) is 11.5. The Bertz CT molecular complexity index is 1330. The molecule has 37 heavy (non-hydrogen) atoms. The molecule has 5 rings (SSSR count). The molecule has 6 nitrogen and oxygen atoms in total. The van der Waals surface area contributed by atoms with Gasteiger partial charge in [0.2, 0.25) is 5.91 Å². The largest absolute Gasteiger partial charge is 0.467 e. The van der Waals surface area contributed by atoms with Crippen LogP contribution in [0.2, 0.25) is 0 Å². The third-order valence-electron chi connectivity index (χ3n) is 7.54. The van der Waals surface area contributed by atoms with Crippen molar-refractivity contribution in [1.82, 2.24) is 15.2 Å². The molecule has 0 spiro atoms. The van der Waals surface area contributed by atoms with Crippen LogP contribution in [0.5, 0.6) is 0 Å². The van der Waals surface area contributed by atoms with Gasteiger partial charge in [0, 0.05) is 29.7 Å². The van der Waals surface area contributed by atoms with Gasteiger partial charge in [-0.1, -0.05) is 61.7 Å². The molecule has 1 aliphatic carbocycles. The summed E-state index contributed by atoms with van der Waals surface area (Å²) in [6.07, 6.45) is 9.71. The Labute approximate surface area is 218 Å². The lowest BCUT2D eigenvalue weighted by Crippen LogP contribution is -2.48. The van der Waals surface area contributed by atoms with Gasteiger partial charge < -0.3 is 19.6 Å². The maximum atomic E-state index is 14.0. The molecule has 4 aromatic rings. The van der Waals surface area contributed by atoms with Crippen LogP contribution in [0, 0.1) is 6.92 Å². The normalized spacial score (nSPS) is 14.9. The highest BCUT2D eigenvalue weighted by Crippen LogP contribution is 2.27. The highest BCUT2D eigenvalue weighted by atomic mass is 16.3. The summed E-state index contributed by atoms with van der Waals surface area (Å²) >= 11 is 0. The molecule has 0 saturated heterocycles. The third-order valence-corrected chi connectivity index (χ3v) is 7.54. The number of carbonyl (C=O) groups is 2. The number of hydrogen-bond donors (Lipinski definition) is 2. The van der Waals surface area contributed by atoms with Crippen LogP contribution in [0.15, 0.2) is 77.5 Å². The molecule has 2 aromatic carbocycles. The number of hydrogen-bond acceptors (Lipinski definition) is 3. The average Bonchev–Trinajstić information content (AvgIpc) is 3.58. The molecule has 2 heterocycles. The van der Waals surface area contributed by atoms with E-state index < -0.39 is 6.04 Å². The smallest absolute Gasteiger partial charge is 0.250 e. The van der Waals surface area contributed by atoms with E-state index in [-0.39, 0.29) is 24.3 Å². The van der Waals surface area contributed by atoms with Gasteiger partial charge in [-0.25, -0.2) is 0 Å². The Kier molecular flexibility index (Phi) is 7.73. The molecular formula is C31H35N3O3. The van der Waals surface area contributed by atoms with Crippen LogP contribution in [0.25, 0.3) is 10.9 Å². The summed E-state index contributed by atoms with van der Waals surface area (Å²) in [5.74, 6) is 0.225. The summed E-state index contributed by atoms with van der Waals surface area (Å²) in [6.45, 7) is 2.49. The zero-order chi connectivity index (χ0) is 25.6. The summed E-state index contributed by atoms with van der Waals surface area (Å²) in [5.41, 5.74) is 4.26. The van der Waals surface area contributed by atoms with Crippen LogP contribution in [-0.4, -0.2) is 34.3 Å². The first kappa shape index (κ1) is 24.9. The highest BCUT2D eigenvalue weighted by Gasteiger charge is 2.35. The second-order valence-electron chi connectivity index (χ2n) is 10.1. The van der Waals surface area contributed by atoms with Crippen molar-refractivity contribution in [1.29, 1.82) is 0 Å². The van der Waals surface area contributed by atoms with E-state index in [4.69, 9.17) is 4.42 Å². The van der Waals surface area contributed by atoms with Crippen LogP contribution in [0.1, 0.15) is 60.6 Å². The molecular weight excluding hydrogens is 462 g/mol. The lowest BCUT2D eigenvalue weighted by Gasteiger charge is -2.32. The van der Waals surface area contributed by atoms with E-state index in [1.165, 1.54) is 17.5 Å². The van der Waals surface area contributed by atoms with E-state index in [1.807, 2.05) is 42.6 Å². The van der Waals surface area contributed by atoms with Crippen LogP contribution in [-0.2, 0) is 22.4 Å². The number of H-pyrrole nitrogens is 1. The predicted molar refractivity (Wildman–Crippen MR) is 145 cm³/mol. The number of carbonyl (C=O) groups excluding carboxylic acids is 2. The summed E-state index contributed by atoms with van der Waals surface area (Å²) in [7, 11) is 0. The van der Waals surface area contributed by atoms with E-state index in [9.17, 15) is 9.59 Å². The van der Waals surface area contributed by atoms with Crippen LogP contribution < -0.4 is 5.32 Å². The van der Waals surface area contributed by atoms with Crippen molar-refractivity contribution in [3.05, 3.63) is 95.6 Å². The number of rotatable bonds is 9. The molecule has 2 aromatic heterocycles. The molecule has 1 saturated carbocycles. The number of benzene rings is 2. The first-order chi connectivity index (χ1) is 18.1.